The van der Waals surface area contributed by atoms with E-state index in [2.05, 4.69) is 22.5 Å². The Bertz CT molecular complexity index is 719. The second-order valence-electron chi connectivity index (χ2n) is 4.54. The van der Waals surface area contributed by atoms with E-state index in [9.17, 15) is 4.39 Å². The molecule has 2 aromatic carbocycles. The zero-order chi connectivity index (χ0) is 13.9. The summed E-state index contributed by atoms with van der Waals surface area (Å²) in [5, 5.41) is 1.01. The number of fused-ring (bicyclic) bond motifs is 1. The van der Waals surface area contributed by atoms with Gasteiger partial charge in [-0.1, -0.05) is 36.0 Å². The number of nitrogens with zero attached hydrogens (tertiary/aromatic N) is 2. The number of thioether (sulfide) groups is 1. The molecule has 0 N–H and O–H groups in total. The maximum atomic E-state index is 12.9. The molecule has 20 heavy (non-hydrogen) atoms. The van der Waals surface area contributed by atoms with E-state index in [1.165, 1.54) is 12.1 Å². The van der Waals surface area contributed by atoms with Gasteiger partial charge in [-0.25, -0.2) is 9.37 Å². The van der Waals surface area contributed by atoms with E-state index >= 15 is 0 Å². The predicted molar refractivity (Wildman–Crippen MR) is 81.4 cm³/mol. The molecule has 0 spiro atoms. The van der Waals surface area contributed by atoms with Gasteiger partial charge in [-0.05, 0) is 36.8 Å². The lowest BCUT2D eigenvalue weighted by Gasteiger charge is -2.05. The van der Waals surface area contributed by atoms with Crippen molar-refractivity contribution in [1.82, 2.24) is 9.55 Å². The number of halogens is 1. The van der Waals surface area contributed by atoms with Crippen molar-refractivity contribution in [3.8, 4) is 0 Å². The molecule has 0 aliphatic rings. The van der Waals surface area contributed by atoms with Crippen LogP contribution in [0.3, 0.4) is 0 Å². The summed E-state index contributed by atoms with van der Waals surface area (Å²) in [7, 11) is 0. The zero-order valence-corrected chi connectivity index (χ0v) is 12.0. The first kappa shape index (κ1) is 13.2. The first-order valence-corrected chi connectivity index (χ1v) is 7.59. The third kappa shape index (κ3) is 2.56. The Kier molecular flexibility index (Phi) is 3.74. The van der Waals surface area contributed by atoms with Crippen LogP contribution in [0.15, 0.2) is 53.7 Å². The second-order valence-corrected chi connectivity index (χ2v) is 5.48. The van der Waals surface area contributed by atoms with Crippen LogP contribution in [0.5, 0.6) is 0 Å². The van der Waals surface area contributed by atoms with Gasteiger partial charge in [0, 0.05) is 12.3 Å². The summed E-state index contributed by atoms with van der Waals surface area (Å²) in [6.45, 7) is 3.02. The van der Waals surface area contributed by atoms with Crippen LogP contribution >= 0.6 is 11.8 Å². The SMILES string of the molecule is CCn1c(SCc2ccc(F)cc2)nc2ccccc21. The van der Waals surface area contributed by atoms with E-state index in [0.29, 0.717) is 0 Å². The van der Waals surface area contributed by atoms with Gasteiger partial charge in [0.2, 0.25) is 0 Å². The fourth-order valence-corrected chi connectivity index (χ4v) is 3.23. The third-order valence-corrected chi connectivity index (χ3v) is 4.26. The molecule has 0 fully saturated rings. The second kappa shape index (κ2) is 5.67. The van der Waals surface area contributed by atoms with Crippen LogP contribution in [-0.4, -0.2) is 9.55 Å². The quantitative estimate of drug-likeness (QED) is 0.658. The minimum atomic E-state index is -0.195. The summed E-state index contributed by atoms with van der Waals surface area (Å²) in [5.74, 6) is 0.600. The van der Waals surface area contributed by atoms with Crippen LogP contribution in [-0.2, 0) is 12.3 Å². The van der Waals surface area contributed by atoms with Crippen LogP contribution in [0.25, 0.3) is 11.0 Å². The van der Waals surface area contributed by atoms with Gasteiger partial charge in [0.15, 0.2) is 5.16 Å². The Morgan fingerprint density at radius 1 is 1.10 bits per heavy atom. The van der Waals surface area contributed by atoms with Gasteiger partial charge >= 0.3 is 0 Å². The van der Waals surface area contributed by atoms with Crippen molar-refractivity contribution in [1.29, 1.82) is 0 Å². The highest BCUT2D eigenvalue weighted by atomic mass is 32.2. The van der Waals surface area contributed by atoms with E-state index in [1.807, 2.05) is 30.3 Å². The normalized spacial score (nSPS) is 11.1. The first-order chi connectivity index (χ1) is 9.78. The summed E-state index contributed by atoms with van der Waals surface area (Å²) in [4.78, 5) is 4.67. The van der Waals surface area contributed by atoms with Gasteiger partial charge in [-0.3, -0.25) is 0 Å². The molecule has 0 aliphatic heterocycles. The number of imidazole rings is 1. The van der Waals surface area contributed by atoms with E-state index in [1.54, 1.807) is 11.8 Å². The molecule has 0 aliphatic carbocycles. The highest BCUT2D eigenvalue weighted by Gasteiger charge is 2.09. The minimum Gasteiger partial charge on any atom is -0.319 e. The summed E-state index contributed by atoms with van der Waals surface area (Å²) >= 11 is 1.69. The van der Waals surface area contributed by atoms with Gasteiger partial charge in [0.25, 0.3) is 0 Å². The van der Waals surface area contributed by atoms with Crippen LogP contribution < -0.4 is 0 Å². The van der Waals surface area contributed by atoms with Crippen molar-refractivity contribution in [3.63, 3.8) is 0 Å². The highest BCUT2D eigenvalue weighted by molar-refractivity contribution is 7.98. The summed E-state index contributed by atoms with van der Waals surface area (Å²) in [6, 6.07) is 14.8. The van der Waals surface area contributed by atoms with E-state index in [4.69, 9.17) is 0 Å². The first-order valence-electron chi connectivity index (χ1n) is 6.60. The molecule has 102 valence electrons. The number of para-hydroxylation sites is 2. The Morgan fingerprint density at radius 3 is 2.60 bits per heavy atom. The van der Waals surface area contributed by atoms with Gasteiger partial charge in [0.05, 0.1) is 11.0 Å². The number of benzene rings is 2. The highest BCUT2D eigenvalue weighted by Crippen LogP contribution is 2.26. The van der Waals surface area contributed by atoms with Crippen molar-refractivity contribution >= 4 is 22.8 Å². The van der Waals surface area contributed by atoms with Crippen molar-refractivity contribution < 1.29 is 4.39 Å². The van der Waals surface area contributed by atoms with Crippen molar-refractivity contribution in [3.05, 3.63) is 59.9 Å². The molecule has 0 atom stereocenters. The molecule has 0 radical (unpaired) electrons. The lowest BCUT2D eigenvalue weighted by atomic mass is 10.2. The molecule has 0 saturated heterocycles. The number of aryl methyl sites for hydroxylation is 1. The summed E-state index contributed by atoms with van der Waals surface area (Å²) < 4.78 is 15.1. The molecule has 3 aromatic rings. The summed E-state index contributed by atoms with van der Waals surface area (Å²) in [5.41, 5.74) is 3.29. The Hall–Kier alpha value is -1.81. The molecule has 0 amide bonds. The van der Waals surface area contributed by atoms with Crippen LogP contribution in [0, 0.1) is 5.82 Å². The smallest absolute Gasteiger partial charge is 0.169 e. The molecule has 0 bridgehead atoms. The van der Waals surface area contributed by atoms with E-state index < -0.39 is 0 Å². The molecular formula is C16H15FN2S. The summed E-state index contributed by atoms with van der Waals surface area (Å²) in [6.07, 6.45) is 0. The van der Waals surface area contributed by atoms with Crippen LogP contribution in [0.2, 0.25) is 0 Å². The number of hydrogen-bond donors (Lipinski definition) is 0. The maximum absolute atomic E-state index is 12.9. The van der Waals surface area contributed by atoms with Crippen molar-refractivity contribution in [2.75, 3.05) is 0 Å². The van der Waals surface area contributed by atoms with Gasteiger partial charge in [-0.2, -0.15) is 0 Å². The zero-order valence-electron chi connectivity index (χ0n) is 11.2. The third-order valence-electron chi connectivity index (χ3n) is 3.22. The fraction of sp³-hybridized carbons (Fsp3) is 0.188. The molecule has 3 rings (SSSR count). The van der Waals surface area contributed by atoms with Gasteiger partial charge < -0.3 is 4.57 Å². The van der Waals surface area contributed by atoms with Crippen LogP contribution in [0.4, 0.5) is 4.39 Å². The van der Waals surface area contributed by atoms with Gasteiger partial charge in [0.1, 0.15) is 5.82 Å². The van der Waals surface area contributed by atoms with Crippen molar-refractivity contribution in [2.45, 2.75) is 24.4 Å². The molecule has 4 heteroatoms. The number of rotatable bonds is 4. The Labute approximate surface area is 121 Å². The Balaban J connectivity index is 1.85. The molecule has 2 nitrogen and oxygen atoms in total. The largest absolute Gasteiger partial charge is 0.319 e. The lowest BCUT2D eigenvalue weighted by molar-refractivity contribution is 0.627. The minimum absolute atomic E-state index is 0.195. The molecule has 1 heterocycles. The average Bonchev–Trinajstić information content (AvgIpc) is 2.84. The monoisotopic (exact) mass is 286 g/mol. The molecule has 0 unspecified atom stereocenters. The molecule has 1 aromatic heterocycles. The average molecular weight is 286 g/mol. The number of hydrogen-bond acceptors (Lipinski definition) is 2. The number of aromatic nitrogens is 2. The van der Waals surface area contributed by atoms with E-state index in [-0.39, 0.29) is 5.82 Å². The van der Waals surface area contributed by atoms with Gasteiger partial charge in [-0.15, -0.1) is 0 Å². The Morgan fingerprint density at radius 2 is 1.85 bits per heavy atom. The molecule has 0 saturated carbocycles. The van der Waals surface area contributed by atoms with Crippen molar-refractivity contribution in [2.24, 2.45) is 0 Å². The van der Waals surface area contributed by atoms with Crippen LogP contribution in [0.1, 0.15) is 12.5 Å². The van der Waals surface area contributed by atoms with E-state index in [0.717, 1.165) is 34.1 Å². The molecular weight excluding hydrogens is 271 g/mol. The predicted octanol–water partition coefficient (Wildman–Crippen LogP) is 4.49. The fourth-order valence-electron chi connectivity index (χ4n) is 2.20. The lowest BCUT2D eigenvalue weighted by Crippen LogP contribution is -1.96. The topological polar surface area (TPSA) is 17.8 Å². The maximum Gasteiger partial charge on any atom is 0.169 e. The standard InChI is InChI=1S/C16H15FN2S/c1-2-19-15-6-4-3-5-14(15)18-16(19)20-11-12-7-9-13(17)10-8-12/h3-10H,2,11H2,1H3.